The highest BCUT2D eigenvalue weighted by Gasteiger charge is 2.21. The summed E-state index contributed by atoms with van der Waals surface area (Å²) in [5.41, 5.74) is 0.361. The second-order valence-corrected chi connectivity index (χ2v) is 4.33. The summed E-state index contributed by atoms with van der Waals surface area (Å²) in [6.45, 7) is 3.82. The number of hydrogen-bond acceptors (Lipinski definition) is 2. The number of carbonyl (C=O) groups is 1. The van der Waals surface area contributed by atoms with Crippen LogP contribution < -0.4 is 5.32 Å². The molecule has 94 valence electrons. The maximum Gasteiger partial charge on any atom is 0.325 e. The minimum atomic E-state index is -1.04. The minimum Gasteiger partial charge on any atom is -0.480 e. The van der Waals surface area contributed by atoms with E-state index in [9.17, 15) is 9.18 Å². The molecule has 0 heterocycles. The third kappa shape index (κ3) is 3.68. The molecule has 2 unspecified atom stereocenters. The Balaban J connectivity index is 2.97. The molecule has 3 nitrogen and oxygen atoms in total. The maximum atomic E-state index is 13.3. The largest absolute Gasteiger partial charge is 0.480 e. The van der Waals surface area contributed by atoms with Crippen LogP contribution in [-0.4, -0.2) is 17.1 Å². The van der Waals surface area contributed by atoms with Crippen molar-refractivity contribution in [2.45, 2.75) is 32.4 Å². The summed E-state index contributed by atoms with van der Waals surface area (Å²) < 4.78 is 13.3. The Bertz CT molecular complexity index is 411. The molecule has 0 saturated carbocycles. The fourth-order valence-electron chi connectivity index (χ4n) is 1.40. The van der Waals surface area contributed by atoms with Crippen LogP contribution in [0, 0.1) is 5.82 Å². The zero-order chi connectivity index (χ0) is 13.0. The van der Waals surface area contributed by atoms with Crippen molar-refractivity contribution in [3.8, 4) is 0 Å². The average Bonchev–Trinajstić information content (AvgIpc) is 2.29. The van der Waals surface area contributed by atoms with Crippen molar-refractivity contribution in [1.82, 2.24) is 5.32 Å². The molecule has 1 aromatic rings. The molecule has 17 heavy (non-hydrogen) atoms. The van der Waals surface area contributed by atoms with E-state index in [2.05, 4.69) is 5.32 Å². The van der Waals surface area contributed by atoms with E-state index in [4.69, 9.17) is 16.7 Å². The second-order valence-electron chi connectivity index (χ2n) is 3.92. The van der Waals surface area contributed by atoms with Crippen molar-refractivity contribution in [1.29, 1.82) is 0 Å². The molecule has 0 amide bonds. The van der Waals surface area contributed by atoms with E-state index < -0.39 is 17.8 Å². The highest BCUT2D eigenvalue weighted by molar-refractivity contribution is 6.30. The fourth-order valence-corrected chi connectivity index (χ4v) is 1.52. The van der Waals surface area contributed by atoms with Gasteiger partial charge in [-0.3, -0.25) is 10.1 Å². The Morgan fingerprint density at radius 3 is 2.71 bits per heavy atom. The molecule has 0 saturated heterocycles. The summed E-state index contributed by atoms with van der Waals surface area (Å²) in [4.78, 5) is 11.1. The van der Waals surface area contributed by atoms with Gasteiger partial charge in [0.15, 0.2) is 0 Å². The maximum absolute atomic E-state index is 13.3. The summed E-state index contributed by atoms with van der Waals surface area (Å²) >= 11 is 5.56. The lowest BCUT2D eigenvalue weighted by atomic mass is 10.1. The molecule has 0 aliphatic rings. The molecule has 0 spiro atoms. The standard InChI is InChI=1S/C12H15ClFNO2/c1-3-7(2)15-11(12(16)17)8-4-5-9(13)10(14)6-8/h4-7,11,15H,3H2,1-2H3,(H,16,17). The van der Waals surface area contributed by atoms with Gasteiger partial charge >= 0.3 is 5.97 Å². The number of aliphatic carboxylic acids is 1. The number of hydrogen-bond donors (Lipinski definition) is 2. The number of nitrogens with one attached hydrogen (secondary N) is 1. The van der Waals surface area contributed by atoms with Crippen molar-refractivity contribution >= 4 is 17.6 Å². The van der Waals surface area contributed by atoms with Crippen LogP contribution in [0.1, 0.15) is 31.9 Å². The van der Waals surface area contributed by atoms with E-state index in [1.807, 2.05) is 13.8 Å². The van der Waals surface area contributed by atoms with E-state index in [0.717, 1.165) is 12.5 Å². The van der Waals surface area contributed by atoms with Crippen LogP contribution in [0.2, 0.25) is 5.02 Å². The van der Waals surface area contributed by atoms with Gasteiger partial charge in [0, 0.05) is 6.04 Å². The van der Waals surface area contributed by atoms with E-state index >= 15 is 0 Å². The van der Waals surface area contributed by atoms with Gasteiger partial charge in [0.1, 0.15) is 11.9 Å². The molecule has 0 aromatic heterocycles. The molecule has 0 aliphatic heterocycles. The van der Waals surface area contributed by atoms with Crippen molar-refractivity contribution in [3.05, 3.63) is 34.6 Å². The topological polar surface area (TPSA) is 49.3 Å². The summed E-state index contributed by atoms with van der Waals surface area (Å²) in [5, 5.41) is 12.0. The van der Waals surface area contributed by atoms with Crippen molar-refractivity contribution in [2.75, 3.05) is 0 Å². The number of halogens is 2. The SMILES string of the molecule is CCC(C)NC(C(=O)O)c1ccc(Cl)c(F)c1. The zero-order valence-electron chi connectivity index (χ0n) is 9.71. The molecular weight excluding hydrogens is 245 g/mol. The third-order valence-corrected chi connectivity index (χ3v) is 2.89. The van der Waals surface area contributed by atoms with Gasteiger partial charge < -0.3 is 5.11 Å². The Morgan fingerprint density at radius 1 is 1.59 bits per heavy atom. The van der Waals surface area contributed by atoms with E-state index in [1.54, 1.807) is 0 Å². The molecule has 0 radical (unpaired) electrons. The normalized spacial score (nSPS) is 14.4. The van der Waals surface area contributed by atoms with Gasteiger partial charge in [-0.1, -0.05) is 24.6 Å². The molecule has 5 heteroatoms. The molecule has 0 fully saturated rings. The summed E-state index contributed by atoms with van der Waals surface area (Å²) in [6, 6.07) is 3.14. The first-order valence-corrected chi connectivity index (χ1v) is 5.77. The lowest BCUT2D eigenvalue weighted by molar-refractivity contribution is -0.139. The van der Waals surface area contributed by atoms with Gasteiger partial charge in [-0.15, -0.1) is 0 Å². The van der Waals surface area contributed by atoms with Crippen LogP contribution in [0.4, 0.5) is 4.39 Å². The quantitative estimate of drug-likeness (QED) is 0.855. The number of carboxylic acids is 1. The number of carboxylic acid groups (broad SMARTS) is 1. The van der Waals surface area contributed by atoms with Crippen LogP contribution in [0.3, 0.4) is 0 Å². The zero-order valence-corrected chi connectivity index (χ0v) is 10.5. The molecule has 2 atom stereocenters. The Kier molecular flexibility index (Phi) is 4.90. The Hall–Kier alpha value is -1.13. The van der Waals surface area contributed by atoms with Crippen LogP contribution in [-0.2, 0) is 4.79 Å². The molecular formula is C12H15ClFNO2. The first-order valence-electron chi connectivity index (χ1n) is 5.39. The highest BCUT2D eigenvalue weighted by atomic mass is 35.5. The van der Waals surface area contributed by atoms with Crippen LogP contribution in [0.5, 0.6) is 0 Å². The van der Waals surface area contributed by atoms with E-state index in [-0.39, 0.29) is 11.1 Å². The van der Waals surface area contributed by atoms with Crippen LogP contribution in [0.25, 0.3) is 0 Å². The fraction of sp³-hybridized carbons (Fsp3) is 0.417. The minimum absolute atomic E-state index is 0.0126. The first kappa shape index (κ1) is 13.9. The monoisotopic (exact) mass is 259 g/mol. The molecule has 2 N–H and O–H groups in total. The van der Waals surface area contributed by atoms with Gasteiger partial charge in [-0.25, -0.2) is 4.39 Å². The third-order valence-electron chi connectivity index (χ3n) is 2.59. The Morgan fingerprint density at radius 2 is 2.24 bits per heavy atom. The summed E-state index contributed by atoms with van der Waals surface area (Å²) in [7, 11) is 0. The molecule has 0 aliphatic carbocycles. The predicted molar refractivity (Wildman–Crippen MR) is 64.7 cm³/mol. The van der Waals surface area contributed by atoms with Crippen molar-refractivity contribution in [2.24, 2.45) is 0 Å². The lowest BCUT2D eigenvalue weighted by Crippen LogP contribution is -2.35. The molecule has 1 rings (SSSR count). The predicted octanol–water partition coefficient (Wildman–Crippen LogP) is 2.99. The van der Waals surface area contributed by atoms with Crippen LogP contribution >= 0.6 is 11.6 Å². The first-order chi connectivity index (χ1) is 7.95. The number of benzene rings is 1. The molecule has 0 bridgehead atoms. The highest BCUT2D eigenvalue weighted by Crippen LogP contribution is 2.21. The summed E-state index contributed by atoms with van der Waals surface area (Å²) in [6.07, 6.45) is 0.792. The Labute approximate surface area is 105 Å². The van der Waals surface area contributed by atoms with Gasteiger partial charge in [0.2, 0.25) is 0 Å². The van der Waals surface area contributed by atoms with Gasteiger partial charge in [-0.2, -0.15) is 0 Å². The lowest BCUT2D eigenvalue weighted by Gasteiger charge is -2.19. The van der Waals surface area contributed by atoms with E-state index in [0.29, 0.717) is 5.56 Å². The second kappa shape index (κ2) is 5.98. The number of rotatable bonds is 5. The van der Waals surface area contributed by atoms with Crippen LogP contribution in [0.15, 0.2) is 18.2 Å². The smallest absolute Gasteiger partial charge is 0.325 e. The van der Waals surface area contributed by atoms with Gasteiger partial charge in [0.25, 0.3) is 0 Å². The van der Waals surface area contributed by atoms with Gasteiger partial charge in [0.05, 0.1) is 5.02 Å². The molecule has 1 aromatic carbocycles. The summed E-state index contributed by atoms with van der Waals surface area (Å²) in [5.74, 6) is -1.65. The van der Waals surface area contributed by atoms with Gasteiger partial charge in [-0.05, 0) is 31.0 Å². The van der Waals surface area contributed by atoms with E-state index in [1.165, 1.54) is 12.1 Å². The average molecular weight is 260 g/mol. The van der Waals surface area contributed by atoms with Crippen molar-refractivity contribution < 1.29 is 14.3 Å². The van der Waals surface area contributed by atoms with Crippen molar-refractivity contribution in [3.63, 3.8) is 0 Å².